The molecule has 6 heteroatoms. The number of hydrogen-bond acceptors (Lipinski definition) is 4. The zero-order chi connectivity index (χ0) is 32.8. The Hall–Kier alpha value is -5.42. The van der Waals surface area contributed by atoms with Crippen molar-refractivity contribution in [3.63, 3.8) is 0 Å². The van der Waals surface area contributed by atoms with E-state index in [1.807, 2.05) is 36.5 Å². The van der Waals surface area contributed by atoms with Crippen molar-refractivity contribution in [2.75, 3.05) is 0 Å². The molecule has 0 saturated heterocycles. The topological polar surface area (TPSA) is 76.2 Å². The summed E-state index contributed by atoms with van der Waals surface area (Å²) in [6.45, 7) is 4.29. The molecule has 5 nitrogen and oxygen atoms in total. The second-order valence-electron chi connectivity index (χ2n) is 12.4. The van der Waals surface area contributed by atoms with Gasteiger partial charge in [-0.25, -0.2) is 9.78 Å². The number of furan rings is 1. The Kier molecular flexibility index (Phi) is 8.68. The van der Waals surface area contributed by atoms with Gasteiger partial charge in [0.05, 0.1) is 5.58 Å². The summed E-state index contributed by atoms with van der Waals surface area (Å²) < 4.78 is 6.27. The predicted molar refractivity (Wildman–Crippen MR) is 194 cm³/mol. The Morgan fingerprint density at radius 3 is 2.41 bits per heavy atom. The molecular weight excluding hydrogens is 785 g/mol. The second-order valence-corrected chi connectivity index (χ2v) is 12.4. The Bertz CT molecular complexity index is 2540. The molecule has 9 rings (SSSR count). The number of rotatable bonds is 4. The molecule has 0 amide bonds. The molecule has 241 valence electrons. The van der Waals surface area contributed by atoms with E-state index >= 15 is 0 Å². The summed E-state index contributed by atoms with van der Waals surface area (Å²) in [5, 5.41) is 16.1. The maximum Gasteiger partial charge on any atom is 0.354 e. The van der Waals surface area contributed by atoms with Gasteiger partial charge >= 0.3 is 5.97 Å². The number of carboxylic acid groups (broad SMARTS) is 1. The first-order chi connectivity index (χ1) is 23.4. The van der Waals surface area contributed by atoms with Crippen molar-refractivity contribution in [2.45, 2.75) is 26.2 Å². The van der Waals surface area contributed by atoms with Gasteiger partial charge in [0.25, 0.3) is 0 Å². The zero-order valence-electron chi connectivity index (χ0n) is 26.9. The van der Waals surface area contributed by atoms with E-state index in [1.165, 1.54) is 44.4 Å². The molecule has 1 aliphatic rings. The molecule has 5 aromatic carbocycles. The quantitative estimate of drug-likeness (QED) is 0.179. The van der Waals surface area contributed by atoms with E-state index in [4.69, 9.17) is 14.5 Å². The Labute approximate surface area is 297 Å². The van der Waals surface area contributed by atoms with Crippen LogP contribution in [0.4, 0.5) is 0 Å². The summed E-state index contributed by atoms with van der Waals surface area (Å²) in [7, 11) is 0. The van der Waals surface area contributed by atoms with E-state index in [2.05, 4.69) is 104 Å². The van der Waals surface area contributed by atoms with Crippen LogP contribution >= 0.6 is 0 Å². The van der Waals surface area contributed by atoms with E-state index in [0.717, 1.165) is 50.7 Å². The van der Waals surface area contributed by atoms with Crippen LogP contribution in [0.25, 0.3) is 71.9 Å². The average molecular weight is 816 g/mol. The third-order valence-corrected chi connectivity index (χ3v) is 9.09. The first-order valence-electron chi connectivity index (χ1n) is 16.1. The number of allylic oxidation sites excluding steroid dienone is 1. The van der Waals surface area contributed by atoms with Crippen LogP contribution in [0.1, 0.15) is 46.9 Å². The summed E-state index contributed by atoms with van der Waals surface area (Å²) in [6, 6.07) is 38.3. The van der Waals surface area contributed by atoms with E-state index in [9.17, 15) is 4.79 Å². The monoisotopic (exact) mass is 816 g/mol. The summed E-state index contributed by atoms with van der Waals surface area (Å²) in [5.74, 6) is -0.512. The smallest absolute Gasteiger partial charge is 0.354 e. The van der Waals surface area contributed by atoms with Gasteiger partial charge in [-0.05, 0) is 91.7 Å². The molecule has 0 unspecified atom stereocenters. The fourth-order valence-corrected chi connectivity index (χ4v) is 6.68. The predicted octanol–water partition coefficient (Wildman–Crippen LogP) is 10.9. The molecule has 0 bridgehead atoms. The van der Waals surface area contributed by atoms with Gasteiger partial charge in [-0.3, -0.25) is 0 Å². The van der Waals surface area contributed by atoms with Crippen LogP contribution in [-0.2, 0) is 26.5 Å². The van der Waals surface area contributed by atoms with Crippen molar-refractivity contribution in [1.82, 2.24) is 9.97 Å². The molecule has 0 atom stereocenters. The molecule has 8 aromatic rings. The van der Waals surface area contributed by atoms with Crippen LogP contribution in [0.3, 0.4) is 0 Å². The second kappa shape index (κ2) is 13.2. The molecule has 1 aliphatic carbocycles. The van der Waals surface area contributed by atoms with Crippen LogP contribution in [0, 0.1) is 6.07 Å². The van der Waals surface area contributed by atoms with Crippen molar-refractivity contribution in [3.05, 3.63) is 150 Å². The van der Waals surface area contributed by atoms with Crippen LogP contribution in [0.2, 0.25) is 0 Å². The minimum atomic E-state index is -1.00. The molecule has 0 aliphatic heterocycles. The average Bonchev–Trinajstić information content (AvgIpc) is 3.50. The van der Waals surface area contributed by atoms with Gasteiger partial charge in [0.15, 0.2) is 0 Å². The van der Waals surface area contributed by atoms with Gasteiger partial charge in [-0.15, -0.1) is 23.8 Å². The maximum absolute atomic E-state index is 10.9. The Morgan fingerprint density at radius 1 is 0.796 bits per heavy atom. The van der Waals surface area contributed by atoms with Crippen LogP contribution in [0.15, 0.2) is 126 Å². The molecule has 1 N–H and O–H groups in total. The van der Waals surface area contributed by atoms with E-state index in [-0.39, 0.29) is 25.8 Å². The standard InChI is InChI=1S/C28H16NO.C15H15NO2.Ir/c1-2-9-21-17(5-1)13-14-29-28(21)20-11-12-24-23(15-20)27-22-10-4-7-18-6-3-8-19(26(18)22)16-25(27)30-24;1-10(2)11-3-5-12(6-4-11)13-7-8-16-14(9-13)15(17)18;/h1-7,9-10,12-16H,8H2;3-10H,1-2H3,(H,17,18);/q-1;;. The summed E-state index contributed by atoms with van der Waals surface area (Å²) in [5.41, 5.74) is 9.57. The van der Waals surface area contributed by atoms with E-state index in [1.54, 1.807) is 6.07 Å². The molecule has 0 spiro atoms. The van der Waals surface area contributed by atoms with E-state index < -0.39 is 5.97 Å². The van der Waals surface area contributed by atoms with Crippen LogP contribution in [-0.4, -0.2) is 21.0 Å². The van der Waals surface area contributed by atoms with Gasteiger partial charge in [-0.1, -0.05) is 98.1 Å². The van der Waals surface area contributed by atoms with E-state index in [0.29, 0.717) is 5.92 Å². The number of fused-ring (bicyclic) bond motifs is 5. The fraction of sp³-hybridized carbons (Fsp3) is 0.0930. The summed E-state index contributed by atoms with van der Waals surface area (Å²) in [6.07, 6.45) is 8.79. The number of carboxylic acids is 1. The number of nitrogens with zero attached hydrogens (tertiary/aromatic N) is 2. The third kappa shape index (κ3) is 5.95. The normalized spacial score (nSPS) is 11.9. The fourth-order valence-electron chi connectivity index (χ4n) is 6.68. The third-order valence-electron chi connectivity index (χ3n) is 9.09. The summed E-state index contributed by atoms with van der Waals surface area (Å²) >= 11 is 0. The summed E-state index contributed by atoms with van der Waals surface area (Å²) in [4.78, 5) is 19.4. The van der Waals surface area contributed by atoms with Crippen LogP contribution in [0.5, 0.6) is 0 Å². The van der Waals surface area contributed by atoms with Crippen molar-refractivity contribution < 1.29 is 34.4 Å². The number of aromatic nitrogens is 2. The van der Waals surface area contributed by atoms with Gasteiger partial charge < -0.3 is 14.5 Å². The van der Waals surface area contributed by atoms with Gasteiger partial charge in [-0.2, -0.15) is 0 Å². The number of benzene rings is 5. The van der Waals surface area contributed by atoms with Gasteiger partial charge in [0, 0.05) is 37.9 Å². The molecule has 1 radical (unpaired) electrons. The number of carbonyl (C=O) groups is 1. The number of hydrogen-bond donors (Lipinski definition) is 1. The molecule has 0 fully saturated rings. The molecule has 3 heterocycles. The maximum atomic E-state index is 10.9. The molecular formula is C43H31IrN2O3-. The van der Waals surface area contributed by atoms with Gasteiger partial charge in [0.2, 0.25) is 0 Å². The molecule has 3 aromatic heterocycles. The minimum Gasteiger partial charge on any atom is -0.500 e. The molecule has 49 heavy (non-hydrogen) atoms. The van der Waals surface area contributed by atoms with Crippen molar-refractivity contribution in [2.24, 2.45) is 0 Å². The zero-order valence-corrected chi connectivity index (χ0v) is 29.3. The van der Waals surface area contributed by atoms with Crippen molar-refractivity contribution in [3.8, 4) is 22.4 Å². The van der Waals surface area contributed by atoms with Gasteiger partial charge in [0.1, 0.15) is 11.3 Å². The largest absolute Gasteiger partial charge is 0.500 e. The SMILES string of the molecule is CC(C)c1ccc(-c2ccnc(C(=O)O)c2)cc1.[Ir].[c-]1cc2oc3cc4c5c(cccc5c3c2cc1-c1nccc2ccccc12)C=CC4. The minimum absolute atomic E-state index is 0. The Morgan fingerprint density at radius 2 is 1.59 bits per heavy atom. The number of pyridine rings is 2. The van der Waals surface area contributed by atoms with Crippen LogP contribution < -0.4 is 0 Å². The van der Waals surface area contributed by atoms with Crippen molar-refractivity contribution >= 4 is 55.5 Å². The number of aromatic carboxylic acids is 1. The molecule has 0 saturated carbocycles. The Balaban J connectivity index is 0.000000172. The first-order valence-corrected chi connectivity index (χ1v) is 16.1. The first kappa shape index (κ1) is 32.1. The van der Waals surface area contributed by atoms with Crippen molar-refractivity contribution in [1.29, 1.82) is 0 Å².